The van der Waals surface area contributed by atoms with Crippen LogP contribution in [0.15, 0.2) is 53.9 Å². The number of sulfone groups is 1. The van der Waals surface area contributed by atoms with Gasteiger partial charge in [0.1, 0.15) is 17.2 Å². The Bertz CT molecular complexity index is 978. The van der Waals surface area contributed by atoms with Crippen molar-refractivity contribution in [2.45, 2.75) is 25.8 Å². The molecule has 0 spiro atoms. The van der Waals surface area contributed by atoms with E-state index in [4.69, 9.17) is 0 Å². The Morgan fingerprint density at radius 3 is 2.15 bits per heavy atom. The Morgan fingerprint density at radius 2 is 1.67 bits per heavy atom. The molecule has 1 heterocycles. The summed E-state index contributed by atoms with van der Waals surface area (Å²) in [4.78, 5) is 14.2. The van der Waals surface area contributed by atoms with Crippen molar-refractivity contribution in [2.75, 3.05) is 10.7 Å². The highest BCUT2D eigenvalue weighted by Crippen LogP contribution is 2.28. The van der Waals surface area contributed by atoms with Gasteiger partial charge in [0.05, 0.1) is 11.8 Å². The first-order valence-electron chi connectivity index (χ1n) is 8.48. The van der Waals surface area contributed by atoms with Gasteiger partial charge in [0.25, 0.3) is 5.91 Å². The maximum atomic E-state index is 14.2. The molecule has 0 saturated carbocycles. The predicted octanol–water partition coefficient (Wildman–Crippen LogP) is 4.05. The molecule has 1 aliphatic heterocycles. The van der Waals surface area contributed by atoms with Crippen molar-refractivity contribution in [3.63, 3.8) is 0 Å². The lowest BCUT2D eigenvalue weighted by atomic mass is 10.0. The normalized spacial score (nSPS) is 18.0. The largest absolute Gasteiger partial charge is 0.300 e. The number of rotatable bonds is 4. The Morgan fingerprint density at radius 1 is 1.07 bits per heavy atom. The maximum absolute atomic E-state index is 14.2. The summed E-state index contributed by atoms with van der Waals surface area (Å²) in [6, 6.07) is 9.26. The molecule has 0 radical (unpaired) electrons. The smallest absolute Gasteiger partial charge is 0.264 e. The molecule has 0 aliphatic carbocycles. The minimum absolute atomic E-state index is 0.263. The van der Waals surface area contributed by atoms with Gasteiger partial charge in [-0.1, -0.05) is 32.0 Å². The third-order valence-electron chi connectivity index (χ3n) is 4.48. The molecule has 0 aromatic heterocycles. The number of hydrogen-bond donors (Lipinski definition) is 0. The highest BCUT2D eigenvalue weighted by Gasteiger charge is 2.34. The van der Waals surface area contributed by atoms with Crippen molar-refractivity contribution in [3.05, 3.63) is 76.7 Å². The van der Waals surface area contributed by atoms with Crippen LogP contribution in [0.1, 0.15) is 35.7 Å². The minimum atomic E-state index is -3.47. The zero-order valence-corrected chi connectivity index (χ0v) is 15.7. The lowest BCUT2D eigenvalue weighted by molar-refractivity contribution is 0.0975. The van der Waals surface area contributed by atoms with Gasteiger partial charge in [0.15, 0.2) is 9.84 Å². The zero-order chi connectivity index (χ0) is 19.8. The van der Waals surface area contributed by atoms with Gasteiger partial charge in [-0.2, -0.15) is 0 Å². The maximum Gasteiger partial charge on any atom is 0.264 e. The van der Waals surface area contributed by atoms with E-state index in [-0.39, 0.29) is 11.7 Å². The Kier molecular flexibility index (Phi) is 5.15. The predicted molar refractivity (Wildman–Crippen MR) is 100 cm³/mol. The van der Waals surface area contributed by atoms with Crippen molar-refractivity contribution >= 4 is 21.4 Å². The summed E-state index contributed by atoms with van der Waals surface area (Å²) < 4.78 is 52.0. The molecule has 1 aliphatic rings. The van der Waals surface area contributed by atoms with Crippen LogP contribution in [-0.2, 0) is 9.84 Å². The Balaban J connectivity index is 2.08. The third-order valence-corrected chi connectivity index (χ3v) is 5.85. The monoisotopic (exact) mass is 391 g/mol. The molecule has 0 bridgehead atoms. The number of amides is 1. The van der Waals surface area contributed by atoms with Gasteiger partial charge in [0, 0.05) is 11.1 Å². The molecule has 0 N–H and O–H groups in total. The van der Waals surface area contributed by atoms with Gasteiger partial charge >= 0.3 is 0 Å². The second kappa shape index (κ2) is 7.23. The fraction of sp³-hybridized carbons (Fsp3) is 0.250. The summed E-state index contributed by atoms with van der Waals surface area (Å²) >= 11 is 0. The van der Waals surface area contributed by atoms with Crippen molar-refractivity contribution in [2.24, 2.45) is 0 Å². The summed E-state index contributed by atoms with van der Waals surface area (Å²) in [5, 5.41) is 1.03. The minimum Gasteiger partial charge on any atom is -0.300 e. The van der Waals surface area contributed by atoms with Crippen LogP contribution in [0.25, 0.3) is 0 Å². The number of nitrogens with zero attached hydrogens (tertiary/aromatic N) is 1. The van der Waals surface area contributed by atoms with Crippen LogP contribution < -0.4 is 4.90 Å². The molecule has 0 fully saturated rings. The van der Waals surface area contributed by atoms with Crippen molar-refractivity contribution in [1.82, 2.24) is 0 Å². The molecule has 3 rings (SSSR count). The average Bonchev–Trinajstić information content (AvgIpc) is 2.95. The van der Waals surface area contributed by atoms with E-state index in [0.717, 1.165) is 28.0 Å². The van der Waals surface area contributed by atoms with Crippen LogP contribution >= 0.6 is 0 Å². The van der Waals surface area contributed by atoms with Crippen molar-refractivity contribution in [1.29, 1.82) is 0 Å². The van der Waals surface area contributed by atoms with E-state index < -0.39 is 39.0 Å². The first-order valence-corrected chi connectivity index (χ1v) is 10.2. The molecular formula is C20H19F2NO3S. The highest BCUT2D eigenvalue weighted by molar-refractivity contribution is 7.94. The van der Waals surface area contributed by atoms with Crippen molar-refractivity contribution in [3.8, 4) is 0 Å². The first kappa shape index (κ1) is 19.2. The summed E-state index contributed by atoms with van der Waals surface area (Å²) in [6.07, 6.45) is 1.36. The van der Waals surface area contributed by atoms with Gasteiger partial charge in [-0.05, 0) is 41.8 Å². The van der Waals surface area contributed by atoms with Crippen molar-refractivity contribution < 1.29 is 22.0 Å². The molecule has 2 aromatic carbocycles. The lowest BCUT2D eigenvalue weighted by Gasteiger charge is -2.28. The van der Waals surface area contributed by atoms with Gasteiger partial charge < -0.3 is 4.90 Å². The topological polar surface area (TPSA) is 54.5 Å². The summed E-state index contributed by atoms with van der Waals surface area (Å²) in [5.41, 5.74) is 0.694. The fourth-order valence-electron chi connectivity index (χ4n) is 3.02. The first-order chi connectivity index (χ1) is 12.7. The molecule has 1 unspecified atom stereocenters. The standard InChI is InChI=1S/C20H19F2NO3S/c1-13(2)14-6-8-15(9-7-14)23(16-10-11-27(25,26)12-16)20(24)19-17(21)4-3-5-18(19)22/h3-11,13,16H,12H2,1-2H3. The van der Waals surface area contributed by atoms with E-state index in [1.54, 1.807) is 12.1 Å². The van der Waals surface area contributed by atoms with Crippen LogP contribution in [0, 0.1) is 11.6 Å². The third kappa shape index (κ3) is 3.93. The molecule has 2 aromatic rings. The second-order valence-corrected chi connectivity index (χ2v) is 8.67. The van der Waals surface area contributed by atoms with Gasteiger partial charge in [-0.3, -0.25) is 4.79 Å². The summed E-state index contributed by atoms with van der Waals surface area (Å²) in [6.45, 7) is 4.03. The summed E-state index contributed by atoms with van der Waals surface area (Å²) in [5.74, 6) is -2.98. The number of halogens is 2. The molecular weight excluding hydrogens is 372 g/mol. The van der Waals surface area contributed by atoms with E-state index in [9.17, 15) is 22.0 Å². The zero-order valence-electron chi connectivity index (χ0n) is 14.9. The number of carbonyl (C=O) groups is 1. The summed E-state index contributed by atoms with van der Waals surface area (Å²) in [7, 11) is -3.47. The van der Waals surface area contributed by atoms with E-state index in [0.29, 0.717) is 5.69 Å². The Hall–Kier alpha value is -2.54. The quantitative estimate of drug-likeness (QED) is 0.790. The van der Waals surface area contributed by atoms with E-state index >= 15 is 0 Å². The SMILES string of the molecule is CC(C)c1ccc(N(C(=O)c2c(F)cccc2F)C2C=CS(=O)(=O)C2)cc1. The second-order valence-electron chi connectivity index (χ2n) is 6.74. The van der Waals surface area contributed by atoms with Crippen LogP contribution in [0.3, 0.4) is 0 Å². The molecule has 1 amide bonds. The molecule has 142 valence electrons. The number of benzene rings is 2. The average molecular weight is 391 g/mol. The lowest BCUT2D eigenvalue weighted by Crippen LogP contribution is -2.42. The van der Waals surface area contributed by atoms with E-state index in [2.05, 4.69) is 0 Å². The van der Waals surface area contributed by atoms with Gasteiger partial charge in [-0.25, -0.2) is 17.2 Å². The van der Waals surface area contributed by atoms with Gasteiger partial charge in [0.2, 0.25) is 0 Å². The van der Waals surface area contributed by atoms with Crippen LogP contribution in [-0.4, -0.2) is 26.1 Å². The van der Waals surface area contributed by atoms with Crippen LogP contribution in [0.5, 0.6) is 0 Å². The van der Waals surface area contributed by atoms with E-state index in [1.165, 1.54) is 12.1 Å². The van der Waals surface area contributed by atoms with Crippen LogP contribution in [0.4, 0.5) is 14.5 Å². The van der Waals surface area contributed by atoms with Gasteiger partial charge in [-0.15, -0.1) is 0 Å². The number of hydrogen-bond acceptors (Lipinski definition) is 3. The fourth-order valence-corrected chi connectivity index (χ4v) is 4.29. The molecule has 0 saturated heterocycles. The Labute approximate surface area is 157 Å². The molecule has 7 heteroatoms. The highest BCUT2D eigenvalue weighted by atomic mass is 32.2. The molecule has 27 heavy (non-hydrogen) atoms. The van der Waals surface area contributed by atoms with Crippen LogP contribution in [0.2, 0.25) is 0 Å². The van der Waals surface area contributed by atoms with E-state index in [1.807, 2.05) is 26.0 Å². The number of carbonyl (C=O) groups excluding carboxylic acids is 1. The number of anilines is 1. The molecule has 1 atom stereocenters. The molecule has 4 nitrogen and oxygen atoms in total.